The molecule has 0 saturated carbocycles. The van der Waals surface area contributed by atoms with Gasteiger partial charge in [-0.25, -0.2) is 9.48 Å². The van der Waals surface area contributed by atoms with E-state index in [4.69, 9.17) is 4.74 Å². The highest BCUT2D eigenvalue weighted by molar-refractivity contribution is 5.70. The van der Waals surface area contributed by atoms with Crippen LogP contribution in [0, 0.1) is 6.92 Å². The van der Waals surface area contributed by atoms with E-state index >= 15 is 0 Å². The Morgan fingerprint density at radius 2 is 1.66 bits per heavy atom. The molecule has 0 spiro atoms. The maximum atomic E-state index is 12.7. The maximum absolute atomic E-state index is 12.7. The van der Waals surface area contributed by atoms with E-state index in [-0.39, 0.29) is 23.9 Å². The number of aromatic nitrogens is 2. The van der Waals surface area contributed by atoms with Gasteiger partial charge in [-0.15, -0.1) is 13.2 Å². The van der Waals surface area contributed by atoms with Crippen LogP contribution in [0.2, 0.25) is 0 Å². The average molecular weight is 452 g/mol. The molecule has 2 bridgehead atoms. The highest BCUT2D eigenvalue weighted by Gasteiger charge is 2.44. The number of carbonyl (C=O) groups excluding carboxylic acids is 1. The Hall–Kier alpha value is -2.91. The summed E-state index contributed by atoms with van der Waals surface area (Å²) < 4.78 is 48.4. The zero-order chi connectivity index (χ0) is 23.3. The fourth-order valence-electron chi connectivity index (χ4n) is 4.37. The Morgan fingerprint density at radius 3 is 2.19 bits per heavy atom. The van der Waals surface area contributed by atoms with Crippen LogP contribution in [0.3, 0.4) is 0 Å². The lowest BCUT2D eigenvalue weighted by molar-refractivity contribution is -0.274. The highest BCUT2D eigenvalue weighted by Crippen LogP contribution is 2.34. The second kappa shape index (κ2) is 7.90. The number of benzene rings is 1. The van der Waals surface area contributed by atoms with E-state index in [0.29, 0.717) is 18.8 Å². The Morgan fingerprint density at radius 1 is 1.06 bits per heavy atom. The van der Waals surface area contributed by atoms with Crippen molar-refractivity contribution in [1.82, 2.24) is 14.7 Å². The summed E-state index contributed by atoms with van der Waals surface area (Å²) >= 11 is 0. The summed E-state index contributed by atoms with van der Waals surface area (Å²) in [5, 5.41) is 4.68. The van der Waals surface area contributed by atoms with Crippen molar-refractivity contribution in [3.8, 4) is 11.4 Å². The van der Waals surface area contributed by atoms with Gasteiger partial charge in [-0.1, -0.05) is 0 Å². The monoisotopic (exact) mass is 452 g/mol. The molecule has 0 aliphatic carbocycles. The molecule has 1 aromatic heterocycles. The van der Waals surface area contributed by atoms with Crippen molar-refractivity contribution in [2.24, 2.45) is 0 Å². The van der Waals surface area contributed by atoms with Crippen LogP contribution >= 0.6 is 0 Å². The topological polar surface area (TPSA) is 59.8 Å². The van der Waals surface area contributed by atoms with Gasteiger partial charge in [-0.2, -0.15) is 5.10 Å². The van der Waals surface area contributed by atoms with Gasteiger partial charge in [0.15, 0.2) is 5.82 Å². The van der Waals surface area contributed by atoms with Crippen molar-refractivity contribution < 1.29 is 27.4 Å². The van der Waals surface area contributed by atoms with Crippen LogP contribution < -0.4 is 9.64 Å². The molecule has 1 amide bonds. The second-order valence-corrected chi connectivity index (χ2v) is 9.28. The number of ether oxygens (including phenoxy) is 2. The molecule has 2 fully saturated rings. The minimum atomic E-state index is -4.73. The summed E-state index contributed by atoms with van der Waals surface area (Å²) in [6.45, 7) is 8.79. The minimum absolute atomic E-state index is 0.0628. The lowest BCUT2D eigenvalue weighted by atomic mass is 10.2. The first-order valence-electron chi connectivity index (χ1n) is 10.6. The minimum Gasteiger partial charge on any atom is -0.444 e. The summed E-state index contributed by atoms with van der Waals surface area (Å²) in [4.78, 5) is 16.7. The Bertz CT molecular complexity index is 968. The molecule has 2 aromatic rings. The first kappa shape index (κ1) is 22.3. The van der Waals surface area contributed by atoms with Crippen molar-refractivity contribution in [2.75, 3.05) is 18.0 Å². The SMILES string of the molecule is Cc1cc(N2CC3CCC(C2)N3C(=O)OC(C)(C)C)nn1-c1ccc(OC(F)(F)F)cc1. The standard InChI is InChI=1S/C22H27F3N4O3/c1-14-11-19(26-29(14)15-7-9-18(10-8-15)31-22(23,24)25)27-12-16-5-6-17(13-27)28(16)20(30)32-21(2,3)4/h7-11,16-17H,5-6,12-13H2,1-4H3. The molecule has 2 aliphatic rings. The van der Waals surface area contributed by atoms with Crippen LogP contribution in [0.15, 0.2) is 30.3 Å². The number of alkyl halides is 3. The summed E-state index contributed by atoms with van der Waals surface area (Å²) in [6, 6.07) is 7.68. The molecule has 32 heavy (non-hydrogen) atoms. The smallest absolute Gasteiger partial charge is 0.444 e. The molecule has 1 aromatic carbocycles. The molecule has 2 aliphatic heterocycles. The average Bonchev–Trinajstić information content (AvgIpc) is 3.17. The van der Waals surface area contributed by atoms with Crippen molar-refractivity contribution in [3.05, 3.63) is 36.0 Å². The summed E-state index contributed by atoms with van der Waals surface area (Å²) in [7, 11) is 0. The zero-order valence-corrected chi connectivity index (χ0v) is 18.5. The fraction of sp³-hybridized carbons (Fsp3) is 0.545. The van der Waals surface area contributed by atoms with Crippen LogP contribution in [0.1, 0.15) is 39.3 Å². The first-order chi connectivity index (χ1) is 14.9. The third-order valence-electron chi connectivity index (χ3n) is 5.60. The predicted molar refractivity (Wildman–Crippen MR) is 112 cm³/mol. The van der Waals surface area contributed by atoms with Gasteiger partial charge in [-0.3, -0.25) is 4.90 Å². The number of nitrogens with zero attached hydrogens (tertiary/aromatic N) is 4. The first-order valence-corrected chi connectivity index (χ1v) is 10.6. The van der Waals surface area contributed by atoms with E-state index in [2.05, 4.69) is 14.7 Å². The number of fused-ring (bicyclic) bond motifs is 2. The van der Waals surface area contributed by atoms with E-state index in [1.807, 2.05) is 38.7 Å². The number of hydrogen-bond acceptors (Lipinski definition) is 5. The number of piperazine rings is 1. The van der Waals surface area contributed by atoms with Gasteiger partial charge in [0.05, 0.1) is 17.8 Å². The molecular formula is C22H27F3N4O3. The van der Waals surface area contributed by atoms with Crippen LogP contribution in [-0.2, 0) is 4.74 Å². The molecule has 2 saturated heterocycles. The normalized spacial score (nSPS) is 21.1. The van der Waals surface area contributed by atoms with Gasteiger partial charge < -0.3 is 14.4 Å². The van der Waals surface area contributed by atoms with Gasteiger partial charge in [-0.05, 0) is 64.8 Å². The lowest BCUT2D eigenvalue weighted by Gasteiger charge is -2.41. The highest BCUT2D eigenvalue weighted by atomic mass is 19.4. The Balaban J connectivity index is 1.48. The van der Waals surface area contributed by atoms with Gasteiger partial charge in [0, 0.05) is 24.8 Å². The number of halogens is 3. The van der Waals surface area contributed by atoms with E-state index in [9.17, 15) is 18.0 Å². The van der Waals surface area contributed by atoms with Crippen LogP contribution in [0.25, 0.3) is 5.69 Å². The molecule has 10 heteroatoms. The number of aryl methyl sites for hydroxylation is 1. The van der Waals surface area contributed by atoms with Crippen molar-refractivity contribution in [3.63, 3.8) is 0 Å². The molecule has 2 atom stereocenters. The third kappa shape index (κ3) is 4.78. The Kier molecular flexibility index (Phi) is 5.50. The van der Waals surface area contributed by atoms with Gasteiger partial charge in [0.1, 0.15) is 11.4 Å². The molecule has 3 heterocycles. The molecule has 7 nitrogen and oxygen atoms in total. The lowest BCUT2D eigenvalue weighted by Crippen LogP contribution is -2.56. The second-order valence-electron chi connectivity index (χ2n) is 9.28. The van der Waals surface area contributed by atoms with Gasteiger partial charge in [0.25, 0.3) is 0 Å². The molecule has 0 N–H and O–H groups in total. The largest absolute Gasteiger partial charge is 0.573 e. The number of carbonyl (C=O) groups is 1. The molecule has 174 valence electrons. The number of amides is 1. The quantitative estimate of drug-likeness (QED) is 0.678. The number of hydrogen-bond donors (Lipinski definition) is 0. The molecule has 4 rings (SSSR count). The van der Waals surface area contributed by atoms with Gasteiger partial charge in [0.2, 0.25) is 0 Å². The third-order valence-corrected chi connectivity index (χ3v) is 5.60. The summed E-state index contributed by atoms with van der Waals surface area (Å²) in [5.41, 5.74) is 0.953. The number of rotatable bonds is 3. The van der Waals surface area contributed by atoms with Crippen LogP contribution in [-0.4, -0.2) is 57.9 Å². The number of anilines is 1. The summed E-state index contributed by atoms with van der Waals surface area (Å²) in [6.07, 6.45) is -3.16. The van der Waals surface area contributed by atoms with Crippen molar-refractivity contribution in [2.45, 2.75) is 64.6 Å². The van der Waals surface area contributed by atoms with E-state index in [0.717, 1.165) is 24.4 Å². The zero-order valence-electron chi connectivity index (χ0n) is 18.5. The van der Waals surface area contributed by atoms with Crippen LogP contribution in [0.4, 0.5) is 23.8 Å². The summed E-state index contributed by atoms with van der Waals surface area (Å²) in [5.74, 6) is 0.500. The maximum Gasteiger partial charge on any atom is 0.573 e. The molecule has 2 unspecified atom stereocenters. The van der Waals surface area contributed by atoms with Gasteiger partial charge >= 0.3 is 12.5 Å². The van der Waals surface area contributed by atoms with E-state index < -0.39 is 12.0 Å². The van der Waals surface area contributed by atoms with Crippen LogP contribution in [0.5, 0.6) is 5.75 Å². The molecular weight excluding hydrogens is 425 g/mol. The Labute approximate surface area is 184 Å². The van der Waals surface area contributed by atoms with Crippen molar-refractivity contribution in [1.29, 1.82) is 0 Å². The van der Waals surface area contributed by atoms with E-state index in [1.165, 1.54) is 24.3 Å². The predicted octanol–water partition coefficient (Wildman–Crippen LogP) is 4.67. The fourth-order valence-corrected chi connectivity index (χ4v) is 4.37. The van der Waals surface area contributed by atoms with Crippen molar-refractivity contribution >= 4 is 11.9 Å². The molecule has 0 radical (unpaired) electrons. The van der Waals surface area contributed by atoms with E-state index in [1.54, 1.807) is 4.68 Å².